The highest BCUT2D eigenvalue weighted by Gasteiger charge is 2.27. The summed E-state index contributed by atoms with van der Waals surface area (Å²) < 4.78 is 5.53. The highest BCUT2D eigenvalue weighted by atomic mass is 16.5. The van der Waals surface area contributed by atoms with Crippen molar-refractivity contribution in [1.82, 2.24) is 15.1 Å². The minimum Gasteiger partial charge on any atom is -0.379 e. The molecule has 0 aromatic heterocycles. The Balaban J connectivity index is 2.64. The average molecular weight is 327 g/mol. The molecular formula is C18H38N4O. The van der Waals surface area contributed by atoms with Gasteiger partial charge >= 0.3 is 0 Å². The second-order valence-corrected chi connectivity index (χ2v) is 6.50. The lowest BCUT2D eigenvalue weighted by Gasteiger charge is -2.39. The third-order valence-corrected chi connectivity index (χ3v) is 5.00. The first-order valence-corrected chi connectivity index (χ1v) is 9.41. The number of rotatable bonds is 9. The summed E-state index contributed by atoms with van der Waals surface area (Å²) in [5.74, 6) is 1.74. The van der Waals surface area contributed by atoms with Gasteiger partial charge in [-0.3, -0.25) is 9.89 Å². The molecule has 0 spiro atoms. The molecule has 136 valence electrons. The van der Waals surface area contributed by atoms with E-state index in [-0.39, 0.29) is 0 Å². The van der Waals surface area contributed by atoms with Crippen molar-refractivity contribution in [2.45, 2.75) is 52.5 Å². The first-order chi connectivity index (χ1) is 11.2. The lowest BCUT2D eigenvalue weighted by molar-refractivity contribution is 0.00261. The Labute approximate surface area is 143 Å². The molecule has 1 heterocycles. The SMILES string of the molecule is CCCCN(C)C(=NC)NCC(C(CC)CC)N1CCOCC1. The number of nitrogens with zero attached hydrogens (tertiary/aromatic N) is 3. The van der Waals surface area contributed by atoms with Crippen LogP contribution in [0.15, 0.2) is 4.99 Å². The minimum absolute atomic E-state index is 0.560. The summed E-state index contributed by atoms with van der Waals surface area (Å²) in [6.07, 6.45) is 4.87. The molecule has 1 aliphatic heterocycles. The molecule has 1 saturated heterocycles. The molecule has 5 heteroatoms. The van der Waals surface area contributed by atoms with Crippen LogP contribution in [0.3, 0.4) is 0 Å². The average Bonchev–Trinajstić information content (AvgIpc) is 2.60. The van der Waals surface area contributed by atoms with Gasteiger partial charge in [0.05, 0.1) is 13.2 Å². The molecule has 0 amide bonds. The fourth-order valence-corrected chi connectivity index (χ4v) is 3.42. The topological polar surface area (TPSA) is 40.1 Å². The van der Waals surface area contributed by atoms with Crippen LogP contribution in [0.2, 0.25) is 0 Å². The van der Waals surface area contributed by atoms with E-state index in [9.17, 15) is 0 Å². The summed E-state index contributed by atoms with van der Waals surface area (Å²) in [6.45, 7) is 12.7. The molecule has 5 nitrogen and oxygen atoms in total. The van der Waals surface area contributed by atoms with Gasteiger partial charge in [-0.15, -0.1) is 0 Å². The number of nitrogens with one attached hydrogen (secondary N) is 1. The van der Waals surface area contributed by atoms with E-state index in [4.69, 9.17) is 4.74 Å². The quantitative estimate of drug-likeness (QED) is 0.522. The number of hydrogen-bond donors (Lipinski definition) is 1. The first-order valence-electron chi connectivity index (χ1n) is 9.41. The van der Waals surface area contributed by atoms with Gasteiger partial charge in [0, 0.05) is 46.3 Å². The summed E-state index contributed by atoms with van der Waals surface area (Å²) in [5, 5.41) is 3.62. The van der Waals surface area contributed by atoms with E-state index in [0.29, 0.717) is 6.04 Å². The Morgan fingerprint density at radius 1 is 1.22 bits per heavy atom. The van der Waals surface area contributed by atoms with Crippen LogP contribution in [0, 0.1) is 5.92 Å². The summed E-state index contributed by atoms with van der Waals surface area (Å²) in [6, 6.07) is 0.560. The van der Waals surface area contributed by atoms with E-state index in [0.717, 1.165) is 51.3 Å². The van der Waals surface area contributed by atoms with Crippen molar-refractivity contribution in [3.05, 3.63) is 0 Å². The van der Waals surface area contributed by atoms with Crippen LogP contribution in [0.1, 0.15) is 46.5 Å². The van der Waals surface area contributed by atoms with Crippen LogP contribution in [0.4, 0.5) is 0 Å². The Hall–Kier alpha value is -0.810. The molecule has 23 heavy (non-hydrogen) atoms. The number of ether oxygens (including phenoxy) is 1. The fourth-order valence-electron chi connectivity index (χ4n) is 3.42. The number of aliphatic imine (C=N–C) groups is 1. The van der Waals surface area contributed by atoms with Gasteiger partial charge in [0.25, 0.3) is 0 Å². The Morgan fingerprint density at radius 2 is 1.87 bits per heavy atom. The molecule has 1 atom stereocenters. The molecule has 0 aliphatic carbocycles. The molecule has 0 radical (unpaired) electrons. The third-order valence-electron chi connectivity index (χ3n) is 5.00. The molecular weight excluding hydrogens is 288 g/mol. The van der Waals surface area contributed by atoms with Crippen LogP contribution in [0.5, 0.6) is 0 Å². The zero-order valence-electron chi connectivity index (χ0n) is 16.0. The maximum Gasteiger partial charge on any atom is 0.193 e. The maximum absolute atomic E-state index is 5.53. The molecule has 0 saturated carbocycles. The van der Waals surface area contributed by atoms with Gasteiger partial charge in [0.1, 0.15) is 0 Å². The maximum atomic E-state index is 5.53. The van der Waals surface area contributed by atoms with E-state index in [1.165, 1.54) is 25.7 Å². The number of guanidine groups is 1. The lowest BCUT2D eigenvalue weighted by atomic mass is 9.92. The minimum atomic E-state index is 0.560. The number of morpholine rings is 1. The van der Waals surface area contributed by atoms with Crippen molar-refractivity contribution < 1.29 is 4.74 Å². The van der Waals surface area contributed by atoms with Gasteiger partial charge in [-0.2, -0.15) is 0 Å². The van der Waals surface area contributed by atoms with Crippen LogP contribution in [-0.4, -0.2) is 75.3 Å². The normalized spacial score (nSPS) is 18.3. The van der Waals surface area contributed by atoms with Gasteiger partial charge in [-0.1, -0.05) is 40.0 Å². The molecule has 0 aromatic carbocycles. The fraction of sp³-hybridized carbons (Fsp3) is 0.944. The smallest absolute Gasteiger partial charge is 0.193 e. The van der Waals surface area contributed by atoms with Crippen molar-refractivity contribution in [1.29, 1.82) is 0 Å². The van der Waals surface area contributed by atoms with Crippen LogP contribution in [-0.2, 0) is 4.74 Å². The summed E-state index contributed by atoms with van der Waals surface area (Å²) in [7, 11) is 4.01. The van der Waals surface area contributed by atoms with Crippen molar-refractivity contribution >= 4 is 5.96 Å². The molecule has 1 aliphatic rings. The Bertz CT molecular complexity index is 325. The highest BCUT2D eigenvalue weighted by molar-refractivity contribution is 5.79. The van der Waals surface area contributed by atoms with Gasteiger partial charge < -0.3 is 15.0 Å². The van der Waals surface area contributed by atoms with E-state index in [2.05, 4.69) is 47.9 Å². The van der Waals surface area contributed by atoms with Crippen molar-refractivity contribution in [2.75, 3.05) is 53.5 Å². The molecule has 0 aromatic rings. The predicted octanol–water partition coefficient (Wildman–Crippen LogP) is 2.43. The molecule has 1 fully saturated rings. The summed E-state index contributed by atoms with van der Waals surface area (Å²) >= 11 is 0. The number of unbranched alkanes of at least 4 members (excludes halogenated alkanes) is 1. The Morgan fingerprint density at radius 3 is 2.39 bits per heavy atom. The monoisotopic (exact) mass is 326 g/mol. The van der Waals surface area contributed by atoms with Crippen molar-refractivity contribution in [2.24, 2.45) is 10.9 Å². The second-order valence-electron chi connectivity index (χ2n) is 6.50. The van der Waals surface area contributed by atoms with Crippen LogP contribution in [0.25, 0.3) is 0 Å². The van der Waals surface area contributed by atoms with E-state index < -0.39 is 0 Å². The highest BCUT2D eigenvalue weighted by Crippen LogP contribution is 2.19. The molecule has 1 rings (SSSR count). The van der Waals surface area contributed by atoms with Crippen LogP contribution < -0.4 is 5.32 Å². The largest absolute Gasteiger partial charge is 0.379 e. The molecule has 0 bridgehead atoms. The van der Waals surface area contributed by atoms with Crippen LogP contribution >= 0.6 is 0 Å². The molecule has 1 N–H and O–H groups in total. The van der Waals surface area contributed by atoms with E-state index >= 15 is 0 Å². The lowest BCUT2D eigenvalue weighted by Crippen LogP contribution is -2.53. The molecule has 1 unspecified atom stereocenters. The Kier molecular flexibility index (Phi) is 10.3. The summed E-state index contributed by atoms with van der Waals surface area (Å²) in [4.78, 5) is 9.30. The van der Waals surface area contributed by atoms with Gasteiger partial charge in [-0.25, -0.2) is 0 Å². The summed E-state index contributed by atoms with van der Waals surface area (Å²) in [5.41, 5.74) is 0. The third kappa shape index (κ3) is 6.68. The zero-order valence-corrected chi connectivity index (χ0v) is 16.0. The van der Waals surface area contributed by atoms with Crippen molar-refractivity contribution in [3.8, 4) is 0 Å². The zero-order chi connectivity index (χ0) is 17.1. The predicted molar refractivity (Wildman–Crippen MR) is 99.2 cm³/mol. The van der Waals surface area contributed by atoms with Gasteiger partial charge in [-0.05, 0) is 12.3 Å². The van der Waals surface area contributed by atoms with Crippen molar-refractivity contribution in [3.63, 3.8) is 0 Å². The van der Waals surface area contributed by atoms with E-state index in [1.807, 2.05) is 7.05 Å². The first kappa shape index (κ1) is 20.2. The number of hydrogen-bond acceptors (Lipinski definition) is 3. The standard InChI is InChI=1S/C18H38N4O/c1-6-9-10-21(5)18(19-4)20-15-17(16(7-2)8-3)22-11-13-23-14-12-22/h16-17H,6-15H2,1-5H3,(H,19,20). The van der Waals surface area contributed by atoms with Gasteiger partial charge in [0.15, 0.2) is 5.96 Å². The second kappa shape index (κ2) is 11.7. The van der Waals surface area contributed by atoms with E-state index in [1.54, 1.807) is 0 Å². The van der Waals surface area contributed by atoms with Gasteiger partial charge in [0.2, 0.25) is 0 Å².